The van der Waals surface area contributed by atoms with Crippen molar-refractivity contribution in [1.29, 1.82) is 0 Å². The maximum atomic E-state index is 5.78. The number of benzene rings is 1. The van der Waals surface area contributed by atoms with Crippen molar-refractivity contribution in [1.82, 2.24) is 0 Å². The quantitative estimate of drug-likeness (QED) is 0.589. The highest BCUT2D eigenvalue weighted by Gasteiger charge is 2.30. The summed E-state index contributed by atoms with van der Waals surface area (Å²) in [6, 6.07) is 13.0. The molecule has 0 bridgehead atoms. The lowest BCUT2D eigenvalue weighted by atomic mass is 9.89. The van der Waals surface area contributed by atoms with Crippen LogP contribution >= 0.6 is 27.3 Å². The van der Waals surface area contributed by atoms with Gasteiger partial charge in [-0.2, -0.15) is 0 Å². The Hall–Kier alpha value is -0.800. The number of para-hydroxylation sites is 1. The molecule has 1 aliphatic rings. The fraction of sp³-hybridized carbons (Fsp3) is 0.444. The molecule has 3 rings (SSSR count). The van der Waals surface area contributed by atoms with Crippen molar-refractivity contribution in [3.63, 3.8) is 0 Å². The van der Waals surface area contributed by atoms with E-state index < -0.39 is 0 Å². The van der Waals surface area contributed by atoms with Crippen LogP contribution in [0.3, 0.4) is 0 Å². The minimum absolute atomic E-state index is 0.225. The van der Waals surface area contributed by atoms with Crippen molar-refractivity contribution in [3.8, 4) is 5.75 Å². The van der Waals surface area contributed by atoms with E-state index in [-0.39, 0.29) is 5.41 Å². The highest BCUT2D eigenvalue weighted by atomic mass is 79.9. The summed E-state index contributed by atoms with van der Waals surface area (Å²) in [7, 11) is 0. The molecular formula is C18H21BrOS. The van der Waals surface area contributed by atoms with Gasteiger partial charge < -0.3 is 4.74 Å². The third-order valence-corrected chi connectivity index (χ3v) is 7.02. The third-order valence-electron chi connectivity index (χ3n) is 4.00. The molecule has 0 aliphatic carbocycles. The van der Waals surface area contributed by atoms with E-state index in [1.807, 2.05) is 17.4 Å². The van der Waals surface area contributed by atoms with Crippen LogP contribution in [0.4, 0.5) is 0 Å². The smallest absolute Gasteiger partial charge is 0.122 e. The molecule has 1 aromatic carbocycles. The summed E-state index contributed by atoms with van der Waals surface area (Å²) < 4.78 is 5.78. The van der Waals surface area contributed by atoms with Crippen molar-refractivity contribution in [2.45, 2.75) is 43.4 Å². The first-order valence-corrected chi connectivity index (χ1v) is 9.16. The third kappa shape index (κ3) is 3.04. The van der Waals surface area contributed by atoms with Crippen molar-refractivity contribution >= 4 is 27.3 Å². The molecule has 1 aliphatic heterocycles. The summed E-state index contributed by atoms with van der Waals surface area (Å²) in [5.41, 5.74) is 1.56. The zero-order valence-corrected chi connectivity index (χ0v) is 15.1. The van der Waals surface area contributed by atoms with E-state index in [9.17, 15) is 0 Å². The summed E-state index contributed by atoms with van der Waals surface area (Å²) >= 11 is 5.88. The molecule has 112 valence electrons. The number of halogens is 1. The monoisotopic (exact) mass is 364 g/mol. The van der Waals surface area contributed by atoms with Gasteiger partial charge in [0.15, 0.2) is 0 Å². The van der Waals surface area contributed by atoms with E-state index in [2.05, 4.69) is 67.0 Å². The molecular weight excluding hydrogens is 344 g/mol. The predicted molar refractivity (Wildman–Crippen MR) is 94.0 cm³/mol. The van der Waals surface area contributed by atoms with Crippen LogP contribution in [0.25, 0.3) is 0 Å². The first-order valence-electron chi connectivity index (χ1n) is 7.43. The fourth-order valence-electron chi connectivity index (χ4n) is 2.78. The minimum atomic E-state index is 0.225. The number of rotatable bonds is 2. The van der Waals surface area contributed by atoms with Crippen LogP contribution in [0.15, 0.2) is 36.4 Å². The average molecular weight is 365 g/mol. The van der Waals surface area contributed by atoms with Crippen molar-refractivity contribution in [2.24, 2.45) is 0 Å². The molecule has 0 amide bonds. The van der Waals surface area contributed by atoms with Gasteiger partial charge in [0.05, 0.1) is 11.4 Å². The molecule has 0 radical (unpaired) electrons. The van der Waals surface area contributed by atoms with E-state index in [1.54, 1.807) is 0 Å². The largest absolute Gasteiger partial charge is 0.493 e. The molecule has 3 heteroatoms. The van der Waals surface area contributed by atoms with Crippen molar-refractivity contribution in [2.75, 3.05) is 6.61 Å². The van der Waals surface area contributed by atoms with Crippen LogP contribution in [0.1, 0.15) is 53.3 Å². The lowest BCUT2D eigenvalue weighted by Crippen LogP contribution is -2.17. The summed E-state index contributed by atoms with van der Waals surface area (Å²) in [5.74, 6) is 1.53. The Morgan fingerprint density at radius 3 is 2.67 bits per heavy atom. The number of thiophene rings is 1. The normalized spacial score (nSPS) is 19.7. The Labute approximate surface area is 139 Å². The van der Waals surface area contributed by atoms with Crippen LogP contribution in [-0.2, 0) is 5.41 Å². The Balaban J connectivity index is 1.89. The molecule has 2 unspecified atom stereocenters. The molecule has 2 aromatic rings. The van der Waals surface area contributed by atoms with Crippen LogP contribution < -0.4 is 4.74 Å². The summed E-state index contributed by atoms with van der Waals surface area (Å²) in [4.78, 5) is 3.23. The van der Waals surface area contributed by atoms with Gasteiger partial charge >= 0.3 is 0 Å². The van der Waals surface area contributed by atoms with E-state index in [0.717, 1.165) is 18.8 Å². The number of alkyl halides is 1. The van der Waals surface area contributed by atoms with Crippen LogP contribution in [0.5, 0.6) is 5.75 Å². The molecule has 0 saturated carbocycles. The number of hydrogen-bond acceptors (Lipinski definition) is 2. The zero-order chi connectivity index (χ0) is 15.0. The van der Waals surface area contributed by atoms with E-state index in [4.69, 9.17) is 4.74 Å². The van der Waals surface area contributed by atoms with Gasteiger partial charge in [-0.05, 0) is 35.6 Å². The second-order valence-corrected chi connectivity index (χ2v) is 8.74. The Morgan fingerprint density at radius 2 is 1.95 bits per heavy atom. The van der Waals surface area contributed by atoms with Crippen LogP contribution in [0, 0.1) is 0 Å². The second kappa shape index (κ2) is 5.77. The lowest BCUT2D eigenvalue weighted by molar-refractivity contribution is 0.266. The average Bonchev–Trinajstić information content (AvgIpc) is 2.96. The first-order chi connectivity index (χ1) is 9.97. The van der Waals surface area contributed by atoms with Gasteiger partial charge in [0.2, 0.25) is 0 Å². The van der Waals surface area contributed by atoms with E-state index >= 15 is 0 Å². The standard InChI is InChI=1S/C18H21BrOS/c1-18(2,3)16-9-8-15(21-16)17(19)13-10-11-20-14-7-5-4-6-12(13)14/h4-9,13,17H,10-11H2,1-3H3. The topological polar surface area (TPSA) is 9.23 Å². The maximum absolute atomic E-state index is 5.78. The molecule has 21 heavy (non-hydrogen) atoms. The highest BCUT2D eigenvalue weighted by molar-refractivity contribution is 9.09. The SMILES string of the molecule is CC(C)(C)c1ccc(C(Br)C2CCOc3ccccc32)s1. The van der Waals surface area contributed by atoms with Crippen LogP contribution in [-0.4, -0.2) is 6.61 Å². The summed E-state index contributed by atoms with van der Waals surface area (Å²) in [6.07, 6.45) is 1.07. The van der Waals surface area contributed by atoms with E-state index in [1.165, 1.54) is 15.3 Å². The van der Waals surface area contributed by atoms with E-state index in [0.29, 0.717) is 10.7 Å². The van der Waals surface area contributed by atoms with Gasteiger partial charge in [-0.25, -0.2) is 0 Å². The number of fused-ring (bicyclic) bond motifs is 1. The molecule has 0 saturated heterocycles. The lowest BCUT2D eigenvalue weighted by Gasteiger charge is -2.29. The second-order valence-electron chi connectivity index (χ2n) is 6.64. The van der Waals surface area contributed by atoms with Gasteiger partial charge in [0, 0.05) is 15.7 Å². The van der Waals surface area contributed by atoms with Gasteiger partial charge in [0.25, 0.3) is 0 Å². The molecule has 1 aromatic heterocycles. The first kappa shape index (κ1) is 15.1. The summed E-state index contributed by atoms with van der Waals surface area (Å²) in [5, 5.41) is 0. The minimum Gasteiger partial charge on any atom is -0.493 e. The van der Waals surface area contributed by atoms with Gasteiger partial charge in [-0.15, -0.1) is 11.3 Å². The van der Waals surface area contributed by atoms with Gasteiger partial charge in [-0.3, -0.25) is 0 Å². The van der Waals surface area contributed by atoms with Crippen molar-refractivity contribution < 1.29 is 4.74 Å². The highest BCUT2D eigenvalue weighted by Crippen LogP contribution is 2.48. The maximum Gasteiger partial charge on any atom is 0.122 e. The Bertz CT molecular complexity index is 626. The predicted octanol–water partition coefficient (Wildman–Crippen LogP) is 6.05. The Morgan fingerprint density at radius 1 is 1.19 bits per heavy atom. The molecule has 0 spiro atoms. The summed E-state index contributed by atoms with van der Waals surface area (Å²) in [6.45, 7) is 7.63. The van der Waals surface area contributed by atoms with Crippen LogP contribution in [0.2, 0.25) is 0 Å². The molecule has 1 nitrogen and oxygen atoms in total. The number of ether oxygens (including phenoxy) is 1. The molecule has 2 heterocycles. The molecule has 0 N–H and O–H groups in total. The number of hydrogen-bond donors (Lipinski definition) is 0. The zero-order valence-electron chi connectivity index (χ0n) is 12.7. The molecule has 0 fully saturated rings. The fourth-order valence-corrected chi connectivity index (χ4v) is 4.87. The Kier molecular flexibility index (Phi) is 4.15. The van der Waals surface area contributed by atoms with Gasteiger partial charge in [0.1, 0.15) is 5.75 Å². The van der Waals surface area contributed by atoms with Crippen molar-refractivity contribution in [3.05, 3.63) is 51.7 Å². The molecule has 2 atom stereocenters. The van der Waals surface area contributed by atoms with Gasteiger partial charge in [-0.1, -0.05) is 54.9 Å².